The van der Waals surface area contributed by atoms with Crippen molar-refractivity contribution < 1.29 is 19.1 Å². The van der Waals surface area contributed by atoms with E-state index in [1.165, 1.54) is 13.2 Å². The van der Waals surface area contributed by atoms with Crippen LogP contribution in [-0.4, -0.2) is 60.9 Å². The second-order valence-corrected chi connectivity index (χ2v) is 7.19. The van der Waals surface area contributed by atoms with E-state index < -0.39 is 11.9 Å². The van der Waals surface area contributed by atoms with Crippen molar-refractivity contribution in [3.8, 4) is 0 Å². The molecule has 7 nitrogen and oxygen atoms in total. The number of hydrogen-bond donors (Lipinski definition) is 1. The number of amides is 2. The summed E-state index contributed by atoms with van der Waals surface area (Å²) < 4.78 is 4.99. The van der Waals surface area contributed by atoms with E-state index in [-0.39, 0.29) is 11.9 Å². The summed E-state index contributed by atoms with van der Waals surface area (Å²) in [5, 5.41) is 0.589. The molecule has 2 N–H and O–H groups in total. The summed E-state index contributed by atoms with van der Waals surface area (Å²) in [5.74, 6) is -1.11. The number of piperazine rings is 1. The fourth-order valence-electron chi connectivity index (χ4n) is 3.42. The van der Waals surface area contributed by atoms with Crippen molar-refractivity contribution in [2.75, 3.05) is 33.3 Å². The van der Waals surface area contributed by atoms with Gasteiger partial charge in [0.25, 0.3) is 5.91 Å². The van der Waals surface area contributed by atoms with Gasteiger partial charge in [0.2, 0.25) is 5.91 Å². The van der Waals surface area contributed by atoms with Crippen LogP contribution in [0.5, 0.6) is 0 Å². The topological polar surface area (TPSA) is 92.9 Å². The number of rotatable bonds is 5. The van der Waals surface area contributed by atoms with E-state index in [0.717, 1.165) is 5.56 Å². The number of carbonyl (C=O) groups is 3. The Morgan fingerprint density at radius 3 is 2.21 bits per heavy atom. The molecule has 0 aliphatic carbocycles. The monoisotopic (exact) mass is 415 g/mol. The fraction of sp³-hybridized carbons (Fsp3) is 0.286. The van der Waals surface area contributed by atoms with Gasteiger partial charge in [-0.15, -0.1) is 0 Å². The van der Waals surface area contributed by atoms with Gasteiger partial charge < -0.3 is 15.4 Å². The van der Waals surface area contributed by atoms with Gasteiger partial charge in [-0.2, -0.15) is 0 Å². The first-order valence-corrected chi connectivity index (χ1v) is 9.55. The molecule has 1 fully saturated rings. The molecule has 0 bridgehead atoms. The molecule has 0 radical (unpaired) electrons. The molecule has 0 aromatic heterocycles. The molecule has 1 unspecified atom stereocenters. The lowest BCUT2D eigenvalue weighted by Crippen LogP contribution is -2.51. The SMILES string of the molecule is COC(=O)C(c1ccc(Cl)cc1)N1CCN(C(=O)c2cccc(C(N)=O)c2)CC1. The van der Waals surface area contributed by atoms with Crippen molar-refractivity contribution in [2.24, 2.45) is 5.73 Å². The molecule has 2 aromatic carbocycles. The zero-order valence-electron chi connectivity index (χ0n) is 16.0. The van der Waals surface area contributed by atoms with Crippen LogP contribution < -0.4 is 5.73 Å². The van der Waals surface area contributed by atoms with E-state index in [0.29, 0.717) is 42.3 Å². The number of carbonyl (C=O) groups excluding carboxylic acids is 3. The van der Waals surface area contributed by atoms with Crippen LogP contribution in [0.3, 0.4) is 0 Å². The average molecular weight is 416 g/mol. The summed E-state index contributed by atoms with van der Waals surface area (Å²) in [6.07, 6.45) is 0. The van der Waals surface area contributed by atoms with Crippen LogP contribution in [0.25, 0.3) is 0 Å². The molecular formula is C21H22ClN3O4. The highest BCUT2D eigenvalue weighted by atomic mass is 35.5. The van der Waals surface area contributed by atoms with Crippen LogP contribution in [0.1, 0.15) is 32.3 Å². The van der Waals surface area contributed by atoms with Gasteiger partial charge in [-0.25, -0.2) is 4.79 Å². The van der Waals surface area contributed by atoms with Crippen LogP contribution in [0.2, 0.25) is 5.02 Å². The summed E-state index contributed by atoms with van der Waals surface area (Å²) in [6, 6.07) is 12.9. The second kappa shape index (κ2) is 9.07. The van der Waals surface area contributed by atoms with Crippen LogP contribution >= 0.6 is 11.6 Å². The molecule has 1 aliphatic heterocycles. The van der Waals surface area contributed by atoms with Crippen molar-refractivity contribution >= 4 is 29.4 Å². The number of primary amides is 1. The Hall–Kier alpha value is -2.90. The quantitative estimate of drug-likeness (QED) is 0.755. The highest BCUT2D eigenvalue weighted by Gasteiger charge is 2.32. The maximum atomic E-state index is 12.8. The molecular weight excluding hydrogens is 394 g/mol. The Morgan fingerprint density at radius 2 is 1.62 bits per heavy atom. The maximum absolute atomic E-state index is 12.8. The first-order valence-electron chi connectivity index (χ1n) is 9.17. The minimum absolute atomic E-state index is 0.172. The molecule has 0 spiro atoms. The number of nitrogens with zero attached hydrogens (tertiary/aromatic N) is 2. The molecule has 3 rings (SSSR count). The smallest absolute Gasteiger partial charge is 0.327 e. The highest BCUT2D eigenvalue weighted by molar-refractivity contribution is 6.30. The fourth-order valence-corrected chi connectivity index (χ4v) is 3.55. The number of benzene rings is 2. The molecule has 1 aliphatic rings. The van der Waals surface area contributed by atoms with Gasteiger partial charge in [-0.05, 0) is 35.9 Å². The number of ether oxygens (including phenoxy) is 1. The summed E-state index contributed by atoms with van der Waals surface area (Å²) in [4.78, 5) is 40.3. The third kappa shape index (κ3) is 4.75. The number of esters is 1. The molecule has 1 atom stereocenters. The van der Waals surface area contributed by atoms with E-state index in [1.54, 1.807) is 47.4 Å². The lowest BCUT2D eigenvalue weighted by molar-refractivity contribution is -0.148. The molecule has 152 valence electrons. The van der Waals surface area contributed by atoms with E-state index in [1.807, 2.05) is 4.90 Å². The third-order valence-corrected chi connectivity index (χ3v) is 5.22. The molecule has 1 heterocycles. The second-order valence-electron chi connectivity index (χ2n) is 6.75. The zero-order valence-corrected chi connectivity index (χ0v) is 16.8. The van der Waals surface area contributed by atoms with Crippen LogP contribution in [0.4, 0.5) is 0 Å². The first-order chi connectivity index (χ1) is 13.9. The van der Waals surface area contributed by atoms with E-state index in [9.17, 15) is 14.4 Å². The summed E-state index contributed by atoms with van der Waals surface area (Å²) >= 11 is 5.96. The predicted molar refractivity (Wildman–Crippen MR) is 109 cm³/mol. The Bertz CT molecular complexity index is 908. The van der Waals surface area contributed by atoms with Crippen molar-refractivity contribution in [3.63, 3.8) is 0 Å². The minimum Gasteiger partial charge on any atom is -0.468 e. The van der Waals surface area contributed by atoms with Gasteiger partial charge in [0.05, 0.1) is 7.11 Å². The van der Waals surface area contributed by atoms with Crippen LogP contribution in [0, 0.1) is 0 Å². The summed E-state index contributed by atoms with van der Waals surface area (Å²) in [7, 11) is 1.36. The summed E-state index contributed by atoms with van der Waals surface area (Å²) in [5.41, 5.74) is 6.79. The summed E-state index contributed by atoms with van der Waals surface area (Å²) in [6.45, 7) is 1.90. The molecule has 1 saturated heterocycles. The van der Waals surface area contributed by atoms with Gasteiger partial charge in [0, 0.05) is 42.3 Å². The van der Waals surface area contributed by atoms with Gasteiger partial charge in [-0.3, -0.25) is 14.5 Å². The highest BCUT2D eigenvalue weighted by Crippen LogP contribution is 2.25. The number of methoxy groups -OCH3 is 1. The van der Waals surface area contributed by atoms with Crippen molar-refractivity contribution in [2.45, 2.75) is 6.04 Å². The number of nitrogens with two attached hydrogens (primary N) is 1. The van der Waals surface area contributed by atoms with Crippen molar-refractivity contribution in [1.82, 2.24) is 9.80 Å². The van der Waals surface area contributed by atoms with E-state index in [4.69, 9.17) is 22.1 Å². The largest absolute Gasteiger partial charge is 0.468 e. The van der Waals surface area contributed by atoms with Gasteiger partial charge in [0.15, 0.2) is 0 Å². The van der Waals surface area contributed by atoms with Crippen molar-refractivity contribution in [1.29, 1.82) is 0 Å². The molecule has 2 aromatic rings. The van der Waals surface area contributed by atoms with E-state index >= 15 is 0 Å². The van der Waals surface area contributed by atoms with Gasteiger partial charge in [-0.1, -0.05) is 29.8 Å². The van der Waals surface area contributed by atoms with Crippen LogP contribution in [0.15, 0.2) is 48.5 Å². The van der Waals surface area contributed by atoms with E-state index in [2.05, 4.69) is 0 Å². The average Bonchev–Trinajstić information content (AvgIpc) is 2.75. The lowest BCUT2D eigenvalue weighted by atomic mass is 10.0. The Labute approximate surface area is 174 Å². The standard InChI is InChI=1S/C21H22ClN3O4/c1-29-21(28)18(14-5-7-17(22)8-6-14)24-9-11-25(12-10-24)20(27)16-4-2-3-15(13-16)19(23)26/h2-8,13,18H,9-12H2,1H3,(H2,23,26). The molecule has 29 heavy (non-hydrogen) atoms. The van der Waals surface area contributed by atoms with Crippen molar-refractivity contribution in [3.05, 3.63) is 70.2 Å². The Kier molecular flexibility index (Phi) is 6.51. The van der Waals surface area contributed by atoms with Gasteiger partial charge >= 0.3 is 5.97 Å². The van der Waals surface area contributed by atoms with Gasteiger partial charge in [0.1, 0.15) is 6.04 Å². The first kappa shape index (κ1) is 20.8. The number of halogens is 1. The minimum atomic E-state index is -0.576. The third-order valence-electron chi connectivity index (χ3n) is 4.97. The normalized spacial score (nSPS) is 15.6. The Morgan fingerprint density at radius 1 is 1.00 bits per heavy atom. The molecule has 2 amide bonds. The lowest BCUT2D eigenvalue weighted by Gasteiger charge is -2.38. The Balaban J connectivity index is 1.71. The predicted octanol–water partition coefficient (Wildman–Crippen LogP) is 2.11. The zero-order chi connectivity index (χ0) is 21.0. The molecule has 0 saturated carbocycles. The van der Waals surface area contributed by atoms with Crippen LogP contribution in [-0.2, 0) is 9.53 Å². The maximum Gasteiger partial charge on any atom is 0.327 e. The molecule has 8 heteroatoms. The number of hydrogen-bond acceptors (Lipinski definition) is 5.